The van der Waals surface area contributed by atoms with Crippen LogP contribution in [-0.2, 0) is 4.74 Å². The number of aryl methyl sites for hydroxylation is 1. The highest BCUT2D eigenvalue weighted by atomic mass is 19.4. The first kappa shape index (κ1) is 20.6. The molecule has 1 saturated heterocycles. The van der Waals surface area contributed by atoms with Crippen molar-refractivity contribution < 1.29 is 22.3 Å². The lowest BCUT2D eigenvalue weighted by atomic mass is 10.1. The monoisotopic (exact) mass is 376 g/mol. The average Bonchev–Trinajstić information content (AvgIpc) is 3.01. The van der Waals surface area contributed by atoms with Crippen molar-refractivity contribution in [3.05, 3.63) is 23.7 Å². The number of guanidine groups is 1. The smallest absolute Gasteiger partial charge is 0.390 e. The maximum Gasteiger partial charge on any atom is 0.390 e. The number of hydrogen-bond acceptors (Lipinski definition) is 4. The van der Waals surface area contributed by atoms with Crippen molar-refractivity contribution in [2.45, 2.75) is 32.5 Å². The van der Waals surface area contributed by atoms with Crippen LogP contribution in [0.1, 0.15) is 30.9 Å². The second-order valence-electron chi connectivity index (χ2n) is 6.12. The van der Waals surface area contributed by atoms with E-state index in [1.54, 1.807) is 0 Å². The molecule has 0 aromatic carbocycles. The summed E-state index contributed by atoms with van der Waals surface area (Å²) in [5.74, 6) is 2.00. The summed E-state index contributed by atoms with van der Waals surface area (Å²) in [6.07, 6.45) is -5.09. The lowest BCUT2D eigenvalue weighted by Crippen LogP contribution is -2.42. The van der Waals surface area contributed by atoms with E-state index in [9.17, 15) is 13.2 Å². The van der Waals surface area contributed by atoms with Gasteiger partial charge in [0.2, 0.25) is 0 Å². The van der Waals surface area contributed by atoms with Crippen molar-refractivity contribution in [1.29, 1.82) is 0 Å². The third-order valence-electron chi connectivity index (χ3n) is 4.04. The van der Waals surface area contributed by atoms with E-state index in [1.165, 1.54) is 0 Å². The molecular weight excluding hydrogens is 349 g/mol. The Morgan fingerprint density at radius 1 is 1.27 bits per heavy atom. The Morgan fingerprint density at radius 2 is 2.00 bits per heavy atom. The zero-order valence-corrected chi connectivity index (χ0v) is 15.2. The molecule has 1 aliphatic rings. The number of ether oxygens (including phenoxy) is 1. The van der Waals surface area contributed by atoms with Crippen LogP contribution < -0.4 is 10.6 Å². The van der Waals surface area contributed by atoms with Gasteiger partial charge in [-0.3, -0.25) is 9.89 Å². The minimum absolute atomic E-state index is 0.0781. The summed E-state index contributed by atoms with van der Waals surface area (Å²) < 4.78 is 48.2. The van der Waals surface area contributed by atoms with Crippen molar-refractivity contribution in [2.24, 2.45) is 4.99 Å². The summed E-state index contributed by atoms with van der Waals surface area (Å²) in [7, 11) is 0. The maximum atomic E-state index is 12.3. The Kier molecular flexibility index (Phi) is 7.77. The van der Waals surface area contributed by atoms with Gasteiger partial charge in [-0.05, 0) is 26.0 Å². The molecule has 0 spiro atoms. The van der Waals surface area contributed by atoms with E-state index in [4.69, 9.17) is 9.15 Å². The van der Waals surface area contributed by atoms with Gasteiger partial charge >= 0.3 is 6.18 Å². The summed E-state index contributed by atoms with van der Waals surface area (Å²) in [6.45, 7) is 7.30. The fraction of sp³-hybridized carbons (Fsp3) is 0.706. The topological polar surface area (TPSA) is 62.0 Å². The first-order valence-corrected chi connectivity index (χ1v) is 8.86. The predicted octanol–water partition coefficient (Wildman–Crippen LogP) is 2.47. The Morgan fingerprint density at radius 3 is 2.58 bits per heavy atom. The van der Waals surface area contributed by atoms with Gasteiger partial charge in [0.15, 0.2) is 5.96 Å². The molecule has 2 rings (SSSR count). The van der Waals surface area contributed by atoms with Crippen molar-refractivity contribution in [1.82, 2.24) is 15.5 Å². The molecule has 0 saturated carbocycles. The van der Waals surface area contributed by atoms with Gasteiger partial charge in [0, 0.05) is 26.2 Å². The number of halogens is 3. The van der Waals surface area contributed by atoms with Crippen molar-refractivity contribution in [3.8, 4) is 0 Å². The van der Waals surface area contributed by atoms with Gasteiger partial charge in [-0.25, -0.2) is 0 Å². The van der Waals surface area contributed by atoms with Crippen molar-refractivity contribution >= 4 is 5.96 Å². The molecule has 26 heavy (non-hydrogen) atoms. The van der Waals surface area contributed by atoms with Crippen LogP contribution in [0, 0.1) is 6.92 Å². The van der Waals surface area contributed by atoms with Gasteiger partial charge in [-0.1, -0.05) is 0 Å². The van der Waals surface area contributed by atoms with Crippen LogP contribution in [0.4, 0.5) is 13.2 Å². The Labute approximate surface area is 151 Å². The molecule has 1 aromatic rings. The number of rotatable bonds is 7. The number of nitrogens with one attached hydrogen (secondary N) is 2. The summed E-state index contributed by atoms with van der Waals surface area (Å²) in [4.78, 5) is 6.71. The zero-order valence-electron chi connectivity index (χ0n) is 15.2. The molecular formula is C17H27F3N4O2. The average molecular weight is 376 g/mol. The van der Waals surface area contributed by atoms with Gasteiger partial charge in [-0.2, -0.15) is 13.2 Å². The summed E-state index contributed by atoms with van der Waals surface area (Å²) in [6, 6.07) is 3.75. The van der Waals surface area contributed by atoms with E-state index >= 15 is 0 Å². The number of nitrogens with zero attached hydrogens (tertiary/aromatic N) is 2. The van der Waals surface area contributed by atoms with E-state index in [0.29, 0.717) is 32.3 Å². The number of hydrogen-bond donors (Lipinski definition) is 2. The molecule has 1 fully saturated rings. The summed E-state index contributed by atoms with van der Waals surface area (Å²) >= 11 is 0. The highest BCUT2D eigenvalue weighted by molar-refractivity contribution is 5.79. The first-order chi connectivity index (χ1) is 12.4. The number of aliphatic imine (C=N–C) groups is 1. The van der Waals surface area contributed by atoms with Gasteiger partial charge in [0.1, 0.15) is 11.5 Å². The molecule has 6 nitrogen and oxygen atoms in total. The van der Waals surface area contributed by atoms with Gasteiger partial charge in [0.05, 0.1) is 32.2 Å². The fourth-order valence-electron chi connectivity index (χ4n) is 2.75. The summed E-state index contributed by atoms with van der Waals surface area (Å²) in [5.41, 5.74) is 0. The molecule has 0 aliphatic carbocycles. The standard InChI is InChI=1S/C17H27F3N4O2/c1-3-21-16(22-7-6-17(18,19)20)23-12-14(15-5-4-13(2)26-15)24-8-10-25-11-9-24/h4-5,14H,3,6-12H2,1-2H3,(H2,21,22,23). The van der Waals surface area contributed by atoms with Crippen LogP contribution in [0.25, 0.3) is 0 Å². The number of alkyl halides is 3. The van der Waals surface area contributed by atoms with Crippen LogP contribution in [-0.4, -0.2) is 63.0 Å². The van der Waals surface area contributed by atoms with Crippen LogP contribution >= 0.6 is 0 Å². The minimum atomic E-state index is -4.19. The molecule has 2 N–H and O–H groups in total. The molecule has 0 radical (unpaired) electrons. The van der Waals surface area contributed by atoms with Crippen LogP contribution in [0.2, 0.25) is 0 Å². The van der Waals surface area contributed by atoms with Crippen molar-refractivity contribution in [2.75, 3.05) is 45.9 Å². The van der Waals surface area contributed by atoms with E-state index in [-0.39, 0.29) is 12.6 Å². The van der Waals surface area contributed by atoms with E-state index in [2.05, 4.69) is 20.5 Å². The minimum Gasteiger partial charge on any atom is -0.465 e. The van der Waals surface area contributed by atoms with Crippen LogP contribution in [0.3, 0.4) is 0 Å². The predicted molar refractivity (Wildman–Crippen MR) is 93.2 cm³/mol. The third kappa shape index (κ3) is 6.87. The second kappa shape index (κ2) is 9.82. The molecule has 1 aliphatic heterocycles. The fourth-order valence-corrected chi connectivity index (χ4v) is 2.75. The number of furan rings is 1. The molecule has 1 atom stereocenters. The number of morpholine rings is 1. The largest absolute Gasteiger partial charge is 0.465 e. The third-order valence-corrected chi connectivity index (χ3v) is 4.04. The molecule has 0 amide bonds. The van der Waals surface area contributed by atoms with Crippen LogP contribution in [0.15, 0.2) is 21.5 Å². The quantitative estimate of drug-likeness (QED) is 0.566. The SMILES string of the molecule is CCNC(=NCC(c1ccc(C)o1)N1CCOCC1)NCCC(F)(F)F. The Hall–Kier alpha value is -1.74. The molecule has 9 heteroatoms. The first-order valence-electron chi connectivity index (χ1n) is 8.86. The molecule has 0 bridgehead atoms. The lowest BCUT2D eigenvalue weighted by Gasteiger charge is -2.32. The summed E-state index contributed by atoms with van der Waals surface area (Å²) in [5, 5.41) is 5.72. The van der Waals surface area contributed by atoms with Gasteiger partial charge in [0.25, 0.3) is 0 Å². The van der Waals surface area contributed by atoms with Crippen molar-refractivity contribution in [3.63, 3.8) is 0 Å². The van der Waals surface area contributed by atoms with E-state index < -0.39 is 12.6 Å². The second-order valence-corrected chi connectivity index (χ2v) is 6.12. The van der Waals surface area contributed by atoms with E-state index in [1.807, 2.05) is 26.0 Å². The highest BCUT2D eigenvalue weighted by Crippen LogP contribution is 2.24. The Balaban J connectivity index is 2.04. The molecule has 1 aromatic heterocycles. The lowest BCUT2D eigenvalue weighted by molar-refractivity contribution is -0.132. The van der Waals surface area contributed by atoms with E-state index in [0.717, 1.165) is 24.6 Å². The van der Waals surface area contributed by atoms with Gasteiger partial charge < -0.3 is 19.8 Å². The Bertz CT molecular complexity index is 569. The van der Waals surface area contributed by atoms with Gasteiger partial charge in [-0.15, -0.1) is 0 Å². The zero-order chi connectivity index (χ0) is 19.0. The van der Waals surface area contributed by atoms with Crippen LogP contribution in [0.5, 0.6) is 0 Å². The molecule has 148 valence electrons. The highest BCUT2D eigenvalue weighted by Gasteiger charge is 2.27. The molecule has 1 unspecified atom stereocenters. The maximum absolute atomic E-state index is 12.3. The molecule has 2 heterocycles. The normalized spacial score (nSPS) is 18.0.